The van der Waals surface area contributed by atoms with Gasteiger partial charge in [-0.05, 0) is 18.2 Å². The van der Waals surface area contributed by atoms with Gasteiger partial charge < -0.3 is 25.5 Å². The molecule has 4 aromatic heterocycles. The van der Waals surface area contributed by atoms with E-state index >= 15 is 0 Å². The first kappa shape index (κ1) is 15.6. The van der Waals surface area contributed by atoms with E-state index in [-0.39, 0.29) is 5.82 Å². The van der Waals surface area contributed by atoms with E-state index in [1.165, 1.54) is 4.68 Å². The maximum absolute atomic E-state index is 10.9. The molecule has 0 aromatic carbocycles. The smallest absolute Gasteiger partial charge is 0.254 e. The average molecular weight is 363 g/mol. The molecule has 5 heterocycles. The van der Waals surface area contributed by atoms with Gasteiger partial charge in [0.1, 0.15) is 11.3 Å². The zero-order valence-corrected chi connectivity index (χ0v) is 14.5. The van der Waals surface area contributed by atoms with Crippen LogP contribution < -0.4 is 16.0 Å². The molecule has 0 aliphatic carbocycles. The number of nitrogens with two attached hydrogens (primary N) is 1. The van der Waals surface area contributed by atoms with Gasteiger partial charge >= 0.3 is 0 Å². The molecular weight excluding hydrogens is 346 g/mol. The molecule has 1 unspecified atom stereocenters. The third-order valence-corrected chi connectivity index (χ3v) is 4.49. The number of nitrogen functional groups attached to an aromatic ring is 1. The standard InChI is InChI=1S/C17H17N9O/c1-17(27)23-13-14(18)21-16(26-8-4-6-19-26)22-15(13)25(17)10-11-9-24-7-3-2-5-12(24)20-11/h2-9,23,27H,10H2,1H3,(H2,18,21,22). The van der Waals surface area contributed by atoms with Gasteiger partial charge in [-0.2, -0.15) is 15.1 Å². The van der Waals surface area contributed by atoms with E-state index in [0.29, 0.717) is 24.0 Å². The number of aromatic nitrogens is 6. The number of aliphatic hydroxyl groups is 1. The Morgan fingerprint density at radius 2 is 2.07 bits per heavy atom. The number of imidazole rings is 1. The molecule has 1 aliphatic rings. The Balaban J connectivity index is 1.58. The number of anilines is 3. The average Bonchev–Trinajstić information content (AvgIpc) is 3.34. The normalized spacial score (nSPS) is 18.7. The first-order valence-electron chi connectivity index (χ1n) is 8.39. The first-order valence-corrected chi connectivity index (χ1v) is 8.39. The van der Waals surface area contributed by atoms with Gasteiger partial charge in [0.15, 0.2) is 11.6 Å². The maximum atomic E-state index is 10.9. The van der Waals surface area contributed by atoms with Crippen LogP contribution in [0.4, 0.5) is 17.3 Å². The number of rotatable bonds is 3. The molecule has 4 aromatic rings. The number of nitrogens with zero attached hydrogens (tertiary/aromatic N) is 7. The van der Waals surface area contributed by atoms with Gasteiger partial charge in [-0.25, -0.2) is 9.67 Å². The Bertz CT molecular complexity index is 1100. The molecule has 10 nitrogen and oxygen atoms in total. The molecule has 0 saturated heterocycles. The fraction of sp³-hybridized carbons (Fsp3) is 0.176. The van der Waals surface area contributed by atoms with Gasteiger partial charge in [-0.1, -0.05) is 6.07 Å². The molecule has 0 fully saturated rings. The van der Waals surface area contributed by atoms with Crippen molar-refractivity contribution in [2.24, 2.45) is 0 Å². The zero-order valence-electron chi connectivity index (χ0n) is 14.5. The van der Waals surface area contributed by atoms with Gasteiger partial charge in [0.05, 0.1) is 12.2 Å². The summed E-state index contributed by atoms with van der Waals surface area (Å²) in [5.41, 5.74) is 8.21. The van der Waals surface area contributed by atoms with E-state index in [1.807, 2.05) is 35.0 Å². The minimum Gasteiger partial charge on any atom is -0.382 e. The van der Waals surface area contributed by atoms with E-state index in [1.54, 1.807) is 30.3 Å². The lowest BCUT2D eigenvalue weighted by Gasteiger charge is -2.30. The lowest BCUT2D eigenvalue weighted by Crippen LogP contribution is -2.47. The summed E-state index contributed by atoms with van der Waals surface area (Å²) in [6, 6.07) is 7.56. The lowest BCUT2D eigenvalue weighted by molar-refractivity contribution is 0.0897. The van der Waals surface area contributed by atoms with Crippen molar-refractivity contribution in [3.63, 3.8) is 0 Å². The first-order chi connectivity index (χ1) is 13.0. The molecule has 0 bridgehead atoms. The van der Waals surface area contributed by atoms with Crippen molar-refractivity contribution in [2.45, 2.75) is 19.3 Å². The summed E-state index contributed by atoms with van der Waals surface area (Å²) in [6.07, 6.45) is 7.21. The third kappa shape index (κ3) is 2.46. The Labute approximate surface area is 153 Å². The fourth-order valence-corrected chi connectivity index (χ4v) is 3.22. The molecule has 0 saturated carbocycles. The third-order valence-electron chi connectivity index (χ3n) is 4.49. The second-order valence-electron chi connectivity index (χ2n) is 6.49. The van der Waals surface area contributed by atoms with E-state index in [9.17, 15) is 5.11 Å². The van der Waals surface area contributed by atoms with Gasteiger partial charge in [0.2, 0.25) is 5.85 Å². The molecule has 4 N–H and O–H groups in total. The zero-order chi connectivity index (χ0) is 18.6. The van der Waals surface area contributed by atoms with Crippen LogP contribution >= 0.6 is 0 Å². The van der Waals surface area contributed by atoms with Crippen molar-refractivity contribution in [1.29, 1.82) is 0 Å². The van der Waals surface area contributed by atoms with Gasteiger partial charge in [-0.15, -0.1) is 0 Å². The van der Waals surface area contributed by atoms with Crippen LogP contribution in [0.25, 0.3) is 11.6 Å². The van der Waals surface area contributed by atoms with E-state index in [2.05, 4.69) is 25.4 Å². The van der Waals surface area contributed by atoms with E-state index < -0.39 is 5.85 Å². The molecule has 0 spiro atoms. The number of hydrogen-bond donors (Lipinski definition) is 3. The SMILES string of the molecule is CC1(O)Nc2c(N)nc(-n3cccn3)nc2N1Cc1cn2ccccc2n1. The molecule has 10 heteroatoms. The molecule has 1 atom stereocenters. The highest BCUT2D eigenvalue weighted by atomic mass is 16.3. The monoisotopic (exact) mass is 363 g/mol. The topological polar surface area (TPSA) is 122 Å². The predicted octanol–water partition coefficient (Wildman–Crippen LogP) is 0.990. The quantitative estimate of drug-likeness (QED) is 0.492. The largest absolute Gasteiger partial charge is 0.382 e. The number of fused-ring (bicyclic) bond motifs is 2. The van der Waals surface area contributed by atoms with Crippen LogP contribution in [0.15, 0.2) is 49.1 Å². The van der Waals surface area contributed by atoms with Crippen LogP contribution in [0.3, 0.4) is 0 Å². The summed E-state index contributed by atoms with van der Waals surface area (Å²) in [4.78, 5) is 15.1. The van der Waals surface area contributed by atoms with Crippen LogP contribution in [-0.2, 0) is 6.54 Å². The molecular formula is C17H17N9O. The molecule has 136 valence electrons. The summed E-state index contributed by atoms with van der Waals surface area (Å²) >= 11 is 0. The molecule has 5 rings (SSSR count). The van der Waals surface area contributed by atoms with Crippen LogP contribution in [0, 0.1) is 0 Å². The van der Waals surface area contributed by atoms with Crippen LogP contribution in [0.2, 0.25) is 0 Å². The van der Waals surface area contributed by atoms with Gasteiger partial charge in [-0.3, -0.25) is 0 Å². The Morgan fingerprint density at radius 1 is 1.19 bits per heavy atom. The molecule has 27 heavy (non-hydrogen) atoms. The predicted molar refractivity (Wildman–Crippen MR) is 99.2 cm³/mol. The van der Waals surface area contributed by atoms with Crippen molar-refractivity contribution in [3.05, 3.63) is 54.7 Å². The number of nitrogens with one attached hydrogen (secondary N) is 1. The number of hydrogen-bond acceptors (Lipinski definition) is 8. The van der Waals surface area contributed by atoms with Crippen molar-refractivity contribution in [1.82, 2.24) is 29.1 Å². The van der Waals surface area contributed by atoms with Gasteiger partial charge in [0.25, 0.3) is 5.95 Å². The van der Waals surface area contributed by atoms with Crippen LogP contribution in [0.1, 0.15) is 12.6 Å². The van der Waals surface area contributed by atoms with Crippen molar-refractivity contribution < 1.29 is 5.11 Å². The molecule has 1 aliphatic heterocycles. The Hall–Kier alpha value is -3.66. The second-order valence-corrected chi connectivity index (χ2v) is 6.49. The molecule has 0 amide bonds. The fourth-order valence-electron chi connectivity index (χ4n) is 3.22. The van der Waals surface area contributed by atoms with E-state index in [0.717, 1.165) is 11.3 Å². The highest BCUT2D eigenvalue weighted by Crippen LogP contribution is 2.41. The highest BCUT2D eigenvalue weighted by molar-refractivity contribution is 5.82. The van der Waals surface area contributed by atoms with Crippen molar-refractivity contribution in [3.8, 4) is 5.95 Å². The molecule has 0 radical (unpaired) electrons. The highest BCUT2D eigenvalue weighted by Gasteiger charge is 2.41. The Kier molecular flexibility index (Phi) is 3.13. The summed E-state index contributed by atoms with van der Waals surface area (Å²) in [5.74, 6) is -0.321. The number of pyridine rings is 1. The van der Waals surface area contributed by atoms with Gasteiger partial charge in [0, 0.05) is 31.7 Å². The second kappa shape index (κ2) is 5.42. The minimum atomic E-state index is -1.39. The minimum absolute atomic E-state index is 0.239. The summed E-state index contributed by atoms with van der Waals surface area (Å²) in [7, 11) is 0. The Morgan fingerprint density at radius 3 is 2.85 bits per heavy atom. The summed E-state index contributed by atoms with van der Waals surface area (Å²) in [5, 5.41) is 18.0. The van der Waals surface area contributed by atoms with Crippen molar-refractivity contribution >= 4 is 23.0 Å². The maximum Gasteiger partial charge on any atom is 0.254 e. The van der Waals surface area contributed by atoms with Crippen LogP contribution in [0.5, 0.6) is 0 Å². The van der Waals surface area contributed by atoms with E-state index in [4.69, 9.17) is 5.73 Å². The lowest BCUT2D eigenvalue weighted by atomic mass is 10.3. The summed E-state index contributed by atoms with van der Waals surface area (Å²) in [6.45, 7) is 1.97. The summed E-state index contributed by atoms with van der Waals surface area (Å²) < 4.78 is 3.45. The van der Waals surface area contributed by atoms with Crippen LogP contribution in [-0.4, -0.2) is 40.1 Å². The van der Waals surface area contributed by atoms with Crippen molar-refractivity contribution in [2.75, 3.05) is 16.0 Å².